The van der Waals surface area contributed by atoms with Gasteiger partial charge in [0, 0.05) is 6.54 Å². The molecule has 3 nitrogen and oxygen atoms in total. The van der Waals surface area contributed by atoms with Gasteiger partial charge in [-0.25, -0.2) is 0 Å². The maximum absolute atomic E-state index is 10.6. The van der Waals surface area contributed by atoms with Gasteiger partial charge >= 0.3 is 5.97 Å². The zero-order valence-electron chi connectivity index (χ0n) is 10.0. The van der Waals surface area contributed by atoms with Crippen LogP contribution in [-0.4, -0.2) is 47.6 Å². The molecule has 0 heterocycles. The number of aliphatic carboxylic acids is 1. The zero-order valence-corrected chi connectivity index (χ0v) is 10.8. The predicted octanol–water partition coefficient (Wildman–Crippen LogP) is 2.17. The van der Waals surface area contributed by atoms with Gasteiger partial charge < -0.3 is 5.11 Å². The number of carbonyl (C=O) groups is 1. The maximum Gasteiger partial charge on any atom is 0.317 e. The molecule has 0 saturated heterocycles. The lowest BCUT2D eigenvalue weighted by atomic mass is 10.2. The first kappa shape index (κ1) is 14.8. The van der Waals surface area contributed by atoms with Crippen molar-refractivity contribution in [3.05, 3.63) is 0 Å². The largest absolute Gasteiger partial charge is 0.480 e. The Balaban J connectivity index is 3.74. The molecule has 0 bridgehead atoms. The van der Waals surface area contributed by atoms with Crippen LogP contribution in [-0.2, 0) is 4.79 Å². The Morgan fingerprint density at radius 1 is 1.40 bits per heavy atom. The molecule has 1 N–H and O–H groups in total. The summed E-state index contributed by atoms with van der Waals surface area (Å²) in [6.07, 6.45) is 4.37. The van der Waals surface area contributed by atoms with Gasteiger partial charge in [0.2, 0.25) is 0 Å². The molecule has 0 aliphatic heterocycles. The van der Waals surface area contributed by atoms with Crippen LogP contribution in [0.4, 0.5) is 0 Å². The molecule has 0 atom stereocenters. The van der Waals surface area contributed by atoms with Crippen LogP contribution in [0.25, 0.3) is 0 Å². The van der Waals surface area contributed by atoms with Gasteiger partial charge in [-0.1, -0.05) is 13.8 Å². The summed E-state index contributed by atoms with van der Waals surface area (Å²) in [4.78, 5) is 12.7. The molecule has 90 valence electrons. The van der Waals surface area contributed by atoms with Crippen molar-refractivity contribution in [2.75, 3.05) is 31.6 Å². The second-order valence-corrected chi connectivity index (χ2v) is 5.21. The molecule has 0 fully saturated rings. The minimum Gasteiger partial charge on any atom is -0.480 e. The first-order valence-corrected chi connectivity index (χ1v) is 6.88. The van der Waals surface area contributed by atoms with Gasteiger partial charge in [-0.05, 0) is 37.3 Å². The highest BCUT2D eigenvalue weighted by molar-refractivity contribution is 7.98. The highest BCUT2D eigenvalue weighted by atomic mass is 32.2. The maximum atomic E-state index is 10.6. The Kier molecular flexibility index (Phi) is 8.91. The van der Waals surface area contributed by atoms with Crippen LogP contribution in [0, 0.1) is 5.92 Å². The lowest BCUT2D eigenvalue weighted by Crippen LogP contribution is -2.33. The van der Waals surface area contributed by atoms with Gasteiger partial charge in [0.05, 0.1) is 6.54 Å². The Morgan fingerprint density at radius 2 is 2.07 bits per heavy atom. The molecule has 0 saturated carbocycles. The SMILES string of the molecule is CSCCCCN(CC(=O)O)CC(C)C. The van der Waals surface area contributed by atoms with Crippen LogP contribution in [0.5, 0.6) is 0 Å². The van der Waals surface area contributed by atoms with Crippen LogP contribution in [0.1, 0.15) is 26.7 Å². The van der Waals surface area contributed by atoms with Crippen molar-refractivity contribution >= 4 is 17.7 Å². The smallest absolute Gasteiger partial charge is 0.317 e. The molecule has 0 rings (SSSR count). The lowest BCUT2D eigenvalue weighted by molar-refractivity contribution is -0.138. The van der Waals surface area contributed by atoms with E-state index in [4.69, 9.17) is 5.11 Å². The van der Waals surface area contributed by atoms with Crippen LogP contribution >= 0.6 is 11.8 Å². The molecule has 0 amide bonds. The van der Waals surface area contributed by atoms with E-state index in [-0.39, 0.29) is 6.54 Å². The number of carboxylic acids is 1. The van der Waals surface area contributed by atoms with Crippen molar-refractivity contribution in [3.63, 3.8) is 0 Å². The van der Waals surface area contributed by atoms with E-state index in [2.05, 4.69) is 20.1 Å². The van der Waals surface area contributed by atoms with Crippen molar-refractivity contribution in [2.45, 2.75) is 26.7 Å². The number of unbranched alkanes of at least 4 members (excludes halogenated alkanes) is 1. The molecule has 0 aromatic rings. The Morgan fingerprint density at radius 3 is 2.53 bits per heavy atom. The van der Waals surface area contributed by atoms with E-state index in [1.165, 1.54) is 12.2 Å². The van der Waals surface area contributed by atoms with Crippen LogP contribution in [0.3, 0.4) is 0 Å². The van der Waals surface area contributed by atoms with E-state index in [0.29, 0.717) is 5.92 Å². The summed E-state index contributed by atoms with van der Waals surface area (Å²) < 4.78 is 0. The molecule has 15 heavy (non-hydrogen) atoms. The van der Waals surface area contributed by atoms with Gasteiger partial charge in [0.15, 0.2) is 0 Å². The summed E-state index contributed by atoms with van der Waals surface area (Å²) in [5.41, 5.74) is 0. The number of nitrogens with zero attached hydrogens (tertiary/aromatic N) is 1. The van der Waals surface area contributed by atoms with E-state index in [0.717, 1.165) is 19.5 Å². The van der Waals surface area contributed by atoms with Crippen LogP contribution < -0.4 is 0 Å². The quantitative estimate of drug-likeness (QED) is 0.620. The normalized spacial score (nSPS) is 11.3. The van der Waals surface area contributed by atoms with E-state index in [1.54, 1.807) is 0 Å². The minimum absolute atomic E-state index is 0.178. The third kappa shape index (κ3) is 10.1. The zero-order chi connectivity index (χ0) is 11.7. The van der Waals surface area contributed by atoms with Gasteiger partial charge in [-0.3, -0.25) is 9.69 Å². The van der Waals surface area contributed by atoms with Crippen molar-refractivity contribution in [1.82, 2.24) is 4.90 Å². The molecule has 0 aliphatic rings. The minimum atomic E-state index is -0.722. The van der Waals surface area contributed by atoms with Crippen molar-refractivity contribution in [3.8, 4) is 0 Å². The number of carboxylic acid groups (broad SMARTS) is 1. The number of thioether (sulfide) groups is 1. The highest BCUT2D eigenvalue weighted by Gasteiger charge is 2.10. The summed E-state index contributed by atoms with van der Waals surface area (Å²) >= 11 is 1.85. The third-order valence-corrected chi connectivity index (χ3v) is 2.75. The van der Waals surface area contributed by atoms with Crippen LogP contribution in [0.2, 0.25) is 0 Å². The molecule has 0 radical (unpaired) electrons. The Bertz CT molecular complexity index is 174. The molecule has 0 spiro atoms. The standard InChI is InChI=1S/C11H23NO2S/c1-10(2)8-12(9-11(13)14)6-4-5-7-15-3/h10H,4-9H2,1-3H3,(H,13,14). The fourth-order valence-corrected chi connectivity index (χ4v) is 2.02. The van der Waals surface area contributed by atoms with Crippen molar-refractivity contribution in [2.24, 2.45) is 5.92 Å². The monoisotopic (exact) mass is 233 g/mol. The van der Waals surface area contributed by atoms with Gasteiger partial charge in [-0.2, -0.15) is 11.8 Å². The van der Waals surface area contributed by atoms with Gasteiger partial charge in [0.1, 0.15) is 0 Å². The van der Waals surface area contributed by atoms with E-state index in [9.17, 15) is 4.79 Å². The van der Waals surface area contributed by atoms with Crippen LogP contribution in [0.15, 0.2) is 0 Å². The molecular formula is C11H23NO2S. The molecule has 4 heteroatoms. The predicted molar refractivity (Wildman–Crippen MR) is 66.5 cm³/mol. The summed E-state index contributed by atoms with van der Waals surface area (Å²) in [6.45, 7) is 6.21. The highest BCUT2D eigenvalue weighted by Crippen LogP contribution is 2.04. The van der Waals surface area contributed by atoms with E-state index < -0.39 is 5.97 Å². The van der Waals surface area contributed by atoms with Crippen molar-refractivity contribution < 1.29 is 9.90 Å². The molecular weight excluding hydrogens is 210 g/mol. The number of hydrogen-bond donors (Lipinski definition) is 1. The molecule has 0 aromatic heterocycles. The van der Waals surface area contributed by atoms with Gasteiger partial charge in [0.25, 0.3) is 0 Å². The Labute approximate surface area is 97.2 Å². The topological polar surface area (TPSA) is 40.5 Å². The first-order valence-electron chi connectivity index (χ1n) is 5.49. The molecule has 0 unspecified atom stereocenters. The number of hydrogen-bond acceptors (Lipinski definition) is 3. The third-order valence-electron chi connectivity index (χ3n) is 2.06. The van der Waals surface area contributed by atoms with E-state index >= 15 is 0 Å². The summed E-state index contributed by atoms with van der Waals surface area (Å²) in [5.74, 6) is 0.980. The van der Waals surface area contributed by atoms with E-state index in [1.807, 2.05) is 16.7 Å². The van der Waals surface area contributed by atoms with Gasteiger partial charge in [-0.15, -0.1) is 0 Å². The molecule has 0 aliphatic carbocycles. The summed E-state index contributed by atoms with van der Waals surface area (Å²) in [7, 11) is 0. The number of rotatable bonds is 9. The molecule has 0 aromatic carbocycles. The second-order valence-electron chi connectivity index (χ2n) is 4.22. The fourth-order valence-electron chi connectivity index (χ4n) is 1.52. The second kappa shape index (κ2) is 9.04. The average Bonchev–Trinajstić information content (AvgIpc) is 2.10. The average molecular weight is 233 g/mol. The first-order chi connectivity index (χ1) is 7.06. The lowest BCUT2D eigenvalue weighted by Gasteiger charge is -2.22. The summed E-state index contributed by atoms with van der Waals surface area (Å²) in [5, 5.41) is 8.75. The Hall–Kier alpha value is -0.220. The fraction of sp³-hybridized carbons (Fsp3) is 0.909. The summed E-state index contributed by atoms with van der Waals surface area (Å²) in [6, 6.07) is 0. The van der Waals surface area contributed by atoms with Crippen molar-refractivity contribution in [1.29, 1.82) is 0 Å².